The average molecular weight is 313 g/mol. The van der Waals surface area contributed by atoms with Crippen LogP contribution in [0.15, 0.2) is 18.3 Å². The number of aromatic nitrogens is 1. The molecule has 1 aliphatic heterocycles. The van der Waals surface area contributed by atoms with E-state index in [0.717, 1.165) is 26.1 Å². The molecule has 23 heavy (non-hydrogen) atoms. The highest BCUT2D eigenvalue weighted by atomic mass is 15.2. The van der Waals surface area contributed by atoms with Gasteiger partial charge in [-0.3, -0.25) is 4.90 Å². The van der Waals surface area contributed by atoms with Crippen molar-refractivity contribution >= 4 is 10.9 Å². The van der Waals surface area contributed by atoms with Crippen LogP contribution >= 0.6 is 0 Å². The van der Waals surface area contributed by atoms with Crippen LogP contribution in [0.25, 0.3) is 10.9 Å². The highest BCUT2D eigenvalue weighted by Crippen LogP contribution is 2.33. The van der Waals surface area contributed by atoms with Gasteiger partial charge in [-0.25, -0.2) is 0 Å². The Morgan fingerprint density at radius 1 is 1.17 bits per heavy atom. The molecule has 0 radical (unpaired) electrons. The minimum atomic E-state index is 0.230. The molecule has 0 saturated heterocycles. The van der Waals surface area contributed by atoms with Gasteiger partial charge >= 0.3 is 0 Å². The highest BCUT2D eigenvalue weighted by molar-refractivity contribution is 5.86. The summed E-state index contributed by atoms with van der Waals surface area (Å²) < 4.78 is 2.30. The van der Waals surface area contributed by atoms with Crippen molar-refractivity contribution < 1.29 is 0 Å². The topological polar surface area (TPSA) is 20.2 Å². The van der Waals surface area contributed by atoms with Gasteiger partial charge in [0.15, 0.2) is 0 Å². The van der Waals surface area contributed by atoms with Gasteiger partial charge in [0.2, 0.25) is 0 Å². The molecule has 1 aromatic carbocycles. The molecule has 1 aliphatic rings. The molecule has 1 N–H and O–H groups in total. The van der Waals surface area contributed by atoms with E-state index in [1.807, 2.05) is 0 Å². The van der Waals surface area contributed by atoms with Crippen LogP contribution in [0.5, 0.6) is 0 Å². The summed E-state index contributed by atoms with van der Waals surface area (Å²) in [6.45, 7) is 14.5. The molecule has 126 valence electrons. The van der Waals surface area contributed by atoms with Gasteiger partial charge in [-0.15, -0.1) is 0 Å². The molecule has 0 saturated carbocycles. The number of hydrogen-bond donors (Lipinski definition) is 1. The van der Waals surface area contributed by atoms with Crippen molar-refractivity contribution in [3.05, 3.63) is 35.0 Å². The van der Waals surface area contributed by atoms with Gasteiger partial charge in [0.1, 0.15) is 0 Å². The number of rotatable bonds is 4. The zero-order valence-electron chi connectivity index (χ0n) is 15.5. The lowest BCUT2D eigenvalue weighted by Crippen LogP contribution is -2.36. The summed E-state index contributed by atoms with van der Waals surface area (Å²) >= 11 is 0. The second-order valence-corrected chi connectivity index (χ2v) is 8.09. The third kappa shape index (κ3) is 3.17. The fourth-order valence-corrected chi connectivity index (χ4v) is 3.75. The minimum Gasteiger partial charge on any atom is -0.350 e. The minimum absolute atomic E-state index is 0.230. The van der Waals surface area contributed by atoms with Crippen LogP contribution in [-0.2, 0) is 26.6 Å². The van der Waals surface area contributed by atoms with Crippen molar-refractivity contribution in [2.24, 2.45) is 7.05 Å². The summed E-state index contributed by atoms with van der Waals surface area (Å²) in [6.07, 6.45) is 3.40. The SMILES string of the molecule is CCNC(C)Cc1cn(C)c2cc3c(cc12)CN(C(C)(C)C)C3. The van der Waals surface area contributed by atoms with Crippen LogP contribution in [0.2, 0.25) is 0 Å². The largest absolute Gasteiger partial charge is 0.350 e. The normalized spacial score (nSPS) is 17.0. The average Bonchev–Trinajstić information content (AvgIpc) is 2.99. The third-order valence-electron chi connectivity index (χ3n) is 5.14. The maximum atomic E-state index is 3.53. The van der Waals surface area contributed by atoms with E-state index in [4.69, 9.17) is 0 Å². The standard InChI is InChI=1S/C20H31N3/c1-7-21-14(2)8-17-11-22(6)19-10-16-13-23(20(3,4)5)12-15(16)9-18(17)19/h9-11,14,21H,7-8,12-13H2,1-6H3. The predicted molar refractivity (Wildman–Crippen MR) is 98.8 cm³/mol. The van der Waals surface area contributed by atoms with E-state index in [9.17, 15) is 0 Å². The number of benzene rings is 1. The number of hydrogen-bond acceptors (Lipinski definition) is 2. The quantitative estimate of drug-likeness (QED) is 0.925. The lowest BCUT2D eigenvalue weighted by atomic mass is 10.0. The molecule has 0 bridgehead atoms. The van der Waals surface area contributed by atoms with E-state index in [2.05, 4.69) is 74.8 Å². The molecule has 3 nitrogen and oxygen atoms in total. The van der Waals surface area contributed by atoms with Crippen LogP contribution in [0.3, 0.4) is 0 Å². The number of likely N-dealkylation sites (N-methyl/N-ethyl adjacent to an activating group) is 1. The van der Waals surface area contributed by atoms with Crippen LogP contribution in [0.1, 0.15) is 51.3 Å². The zero-order valence-corrected chi connectivity index (χ0v) is 15.5. The van der Waals surface area contributed by atoms with Gasteiger partial charge < -0.3 is 9.88 Å². The fraction of sp³-hybridized carbons (Fsp3) is 0.600. The van der Waals surface area contributed by atoms with Gasteiger partial charge in [0, 0.05) is 48.8 Å². The predicted octanol–water partition coefficient (Wildman–Crippen LogP) is 3.83. The lowest BCUT2D eigenvalue weighted by Gasteiger charge is -2.31. The van der Waals surface area contributed by atoms with Gasteiger partial charge in [0.05, 0.1) is 0 Å². The molecule has 3 heteroatoms. The Kier molecular flexibility index (Phi) is 4.28. The van der Waals surface area contributed by atoms with Gasteiger partial charge in [0.25, 0.3) is 0 Å². The molecule has 3 rings (SSSR count). The van der Waals surface area contributed by atoms with Crippen molar-refractivity contribution in [2.75, 3.05) is 6.54 Å². The van der Waals surface area contributed by atoms with E-state index >= 15 is 0 Å². The van der Waals surface area contributed by atoms with Crippen molar-refractivity contribution in [3.63, 3.8) is 0 Å². The summed E-state index contributed by atoms with van der Waals surface area (Å²) in [5.74, 6) is 0. The first kappa shape index (κ1) is 16.5. The number of aryl methyl sites for hydroxylation is 1. The molecule has 2 aromatic rings. The van der Waals surface area contributed by atoms with Gasteiger partial charge in [-0.05, 0) is 69.5 Å². The van der Waals surface area contributed by atoms with E-state index < -0.39 is 0 Å². The van der Waals surface area contributed by atoms with Crippen molar-refractivity contribution in [1.29, 1.82) is 0 Å². The van der Waals surface area contributed by atoms with Crippen molar-refractivity contribution in [1.82, 2.24) is 14.8 Å². The molecule has 0 fully saturated rings. The fourth-order valence-electron chi connectivity index (χ4n) is 3.75. The summed E-state index contributed by atoms with van der Waals surface area (Å²) in [5, 5.41) is 4.97. The molecule has 2 heterocycles. The Balaban J connectivity index is 1.95. The molecule has 0 aliphatic carbocycles. The summed E-state index contributed by atoms with van der Waals surface area (Å²) in [6, 6.07) is 5.38. The number of nitrogens with zero attached hydrogens (tertiary/aromatic N) is 2. The summed E-state index contributed by atoms with van der Waals surface area (Å²) in [5.41, 5.74) is 6.08. The van der Waals surface area contributed by atoms with E-state index in [-0.39, 0.29) is 5.54 Å². The lowest BCUT2D eigenvalue weighted by molar-refractivity contribution is 0.136. The number of fused-ring (bicyclic) bond motifs is 2. The molecule has 0 spiro atoms. The molecular weight excluding hydrogens is 282 g/mol. The van der Waals surface area contributed by atoms with Crippen LogP contribution in [0, 0.1) is 0 Å². The molecule has 1 atom stereocenters. The molecular formula is C20H31N3. The maximum absolute atomic E-state index is 3.53. The Morgan fingerprint density at radius 3 is 2.43 bits per heavy atom. The Bertz CT molecular complexity index is 706. The summed E-state index contributed by atoms with van der Waals surface area (Å²) in [4.78, 5) is 2.57. The smallest absolute Gasteiger partial charge is 0.0484 e. The Morgan fingerprint density at radius 2 is 1.83 bits per heavy atom. The van der Waals surface area contributed by atoms with Gasteiger partial charge in [-0.2, -0.15) is 0 Å². The Labute approximate surface area is 140 Å². The van der Waals surface area contributed by atoms with Gasteiger partial charge in [-0.1, -0.05) is 6.92 Å². The van der Waals surface area contributed by atoms with Crippen LogP contribution in [0.4, 0.5) is 0 Å². The Hall–Kier alpha value is -1.32. The molecule has 0 amide bonds. The maximum Gasteiger partial charge on any atom is 0.0484 e. The first-order valence-corrected chi connectivity index (χ1v) is 8.87. The second kappa shape index (κ2) is 5.95. The second-order valence-electron chi connectivity index (χ2n) is 8.09. The molecule has 1 unspecified atom stereocenters. The van der Waals surface area contributed by atoms with E-state index in [1.54, 1.807) is 0 Å². The first-order chi connectivity index (χ1) is 10.8. The molecule has 1 aromatic heterocycles. The first-order valence-electron chi connectivity index (χ1n) is 8.87. The van der Waals surface area contributed by atoms with Crippen molar-refractivity contribution in [2.45, 2.75) is 65.7 Å². The monoisotopic (exact) mass is 313 g/mol. The number of nitrogens with one attached hydrogen (secondary N) is 1. The zero-order chi connectivity index (χ0) is 16.8. The van der Waals surface area contributed by atoms with Crippen LogP contribution in [-0.4, -0.2) is 27.6 Å². The van der Waals surface area contributed by atoms with E-state index in [1.165, 1.54) is 27.6 Å². The third-order valence-corrected chi connectivity index (χ3v) is 5.14. The van der Waals surface area contributed by atoms with E-state index in [0.29, 0.717) is 6.04 Å². The summed E-state index contributed by atoms with van der Waals surface area (Å²) in [7, 11) is 2.17. The van der Waals surface area contributed by atoms with Crippen LogP contribution < -0.4 is 5.32 Å². The van der Waals surface area contributed by atoms with Crippen molar-refractivity contribution in [3.8, 4) is 0 Å². The highest BCUT2D eigenvalue weighted by Gasteiger charge is 2.28.